The highest BCUT2D eigenvalue weighted by Gasteiger charge is 2.23. The molecule has 0 saturated carbocycles. The smallest absolute Gasteiger partial charge is 0.278 e. The molecule has 7 nitrogen and oxygen atoms in total. The van der Waals surface area contributed by atoms with Crippen LogP contribution in [0.3, 0.4) is 0 Å². The Morgan fingerprint density at radius 2 is 1.75 bits per heavy atom. The molecule has 0 aliphatic heterocycles. The third-order valence-corrected chi connectivity index (χ3v) is 5.53. The van der Waals surface area contributed by atoms with Gasteiger partial charge in [0, 0.05) is 0 Å². The summed E-state index contributed by atoms with van der Waals surface area (Å²) in [6.45, 7) is 8.49. The highest BCUT2D eigenvalue weighted by Crippen LogP contribution is 2.24. The molecule has 0 aliphatic carbocycles. The van der Waals surface area contributed by atoms with Gasteiger partial charge < -0.3 is 14.6 Å². The summed E-state index contributed by atoms with van der Waals surface area (Å²) in [5.74, 6) is 0.911. The fraction of sp³-hybridized carbons (Fsp3) is 0.240. The predicted molar refractivity (Wildman–Crippen MR) is 122 cm³/mol. The minimum absolute atomic E-state index is 0.187. The van der Waals surface area contributed by atoms with E-state index < -0.39 is 0 Å². The van der Waals surface area contributed by atoms with Crippen molar-refractivity contribution in [1.82, 2.24) is 14.9 Å². The van der Waals surface area contributed by atoms with Gasteiger partial charge in [0.05, 0.1) is 29.2 Å². The number of nitrogens with zero attached hydrogens (tertiary/aromatic N) is 3. The van der Waals surface area contributed by atoms with Gasteiger partial charge >= 0.3 is 0 Å². The van der Waals surface area contributed by atoms with E-state index in [0.29, 0.717) is 29.3 Å². The van der Waals surface area contributed by atoms with E-state index in [0.717, 1.165) is 11.4 Å². The number of hydrogen-bond acceptors (Lipinski definition) is 5. The van der Waals surface area contributed by atoms with Crippen LogP contribution in [0.2, 0.25) is 0 Å². The molecule has 4 rings (SSSR count). The monoisotopic (exact) mass is 430 g/mol. The van der Waals surface area contributed by atoms with Crippen molar-refractivity contribution in [3.63, 3.8) is 0 Å². The van der Waals surface area contributed by atoms with Crippen LogP contribution >= 0.6 is 0 Å². The minimum atomic E-state index is -0.352. The molecule has 0 atom stereocenters. The first-order valence-corrected chi connectivity index (χ1v) is 10.5. The summed E-state index contributed by atoms with van der Waals surface area (Å²) in [5.41, 5.74) is 5.51. The van der Waals surface area contributed by atoms with E-state index in [9.17, 15) is 4.79 Å². The van der Waals surface area contributed by atoms with Crippen molar-refractivity contribution < 1.29 is 14.1 Å². The normalized spacial score (nSPS) is 10.9. The Balaban J connectivity index is 1.52. The molecule has 0 unspecified atom stereocenters. The Bertz CT molecular complexity index is 1240. The van der Waals surface area contributed by atoms with Crippen LogP contribution in [0.1, 0.15) is 44.3 Å². The van der Waals surface area contributed by atoms with E-state index in [-0.39, 0.29) is 18.2 Å². The van der Waals surface area contributed by atoms with Gasteiger partial charge in [-0.25, -0.2) is 0 Å². The van der Waals surface area contributed by atoms with Crippen molar-refractivity contribution in [3.8, 4) is 5.75 Å². The highest BCUT2D eigenvalue weighted by atomic mass is 16.5. The zero-order valence-electron chi connectivity index (χ0n) is 18.7. The second-order valence-corrected chi connectivity index (χ2v) is 7.75. The van der Waals surface area contributed by atoms with Gasteiger partial charge in [0.1, 0.15) is 18.1 Å². The molecule has 7 heteroatoms. The molecule has 0 radical (unpaired) electrons. The molecule has 0 bridgehead atoms. The number of carbonyl (C=O) groups excluding carboxylic acids is 1. The van der Waals surface area contributed by atoms with Gasteiger partial charge in [-0.1, -0.05) is 47.6 Å². The molecule has 0 fully saturated rings. The van der Waals surface area contributed by atoms with Crippen molar-refractivity contribution in [2.45, 2.75) is 40.8 Å². The van der Waals surface area contributed by atoms with E-state index in [1.54, 1.807) is 6.92 Å². The van der Waals surface area contributed by atoms with Crippen LogP contribution in [0.4, 0.5) is 5.69 Å². The third-order valence-electron chi connectivity index (χ3n) is 5.53. The van der Waals surface area contributed by atoms with Crippen molar-refractivity contribution in [1.29, 1.82) is 0 Å². The molecule has 0 saturated heterocycles. The maximum Gasteiger partial charge on any atom is 0.278 e. The number of hydrogen-bond donors (Lipinski definition) is 1. The molecular formula is C25H26N4O3. The molecule has 164 valence electrons. The zero-order valence-corrected chi connectivity index (χ0v) is 18.7. The molecule has 1 amide bonds. The molecule has 2 aromatic heterocycles. The van der Waals surface area contributed by atoms with Crippen LogP contribution in [0.15, 0.2) is 59.1 Å². The van der Waals surface area contributed by atoms with Crippen LogP contribution in [-0.2, 0) is 13.2 Å². The summed E-state index contributed by atoms with van der Waals surface area (Å²) in [6, 6.07) is 17.6. The van der Waals surface area contributed by atoms with E-state index in [4.69, 9.17) is 9.26 Å². The Labute approximate surface area is 187 Å². The van der Waals surface area contributed by atoms with Crippen LogP contribution in [0.5, 0.6) is 5.75 Å². The number of para-hydroxylation sites is 1. The van der Waals surface area contributed by atoms with Crippen molar-refractivity contribution >= 4 is 11.6 Å². The molecule has 4 aromatic rings. The lowest BCUT2D eigenvalue weighted by molar-refractivity contribution is 0.101. The minimum Gasteiger partial charge on any atom is -0.489 e. The number of aryl methyl sites for hydroxylation is 3. The molecule has 2 heterocycles. The third kappa shape index (κ3) is 4.42. The number of nitrogens with one attached hydrogen (secondary N) is 1. The van der Waals surface area contributed by atoms with E-state index in [1.807, 2.05) is 61.0 Å². The fourth-order valence-electron chi connectivity index (χ4n) is 3.57. The topological polar surface area (TPSA) is 82.2 Å². The summed E-state index contributed by atoms with van der Waals surface area (Å²) >= 11 is 0. The van der Waals surface area contributed by atoms with Crippen molar-refractivity contribution in [2.24, 2.45) is 0 Å². The Morgan fingerprint density at radius 3 is 2.50 bits per heavy atom. The summed E-state index contributed by atoms with van der Waals surface area (Å²) < 4.78 is 13.0. The number of rotatable bonds is 7. The Morgan fingerprint density at radius 1 is 1.03 bits per heavy atom. The van der Waals surface area contributed by atoms with Crippen LogP contribution in [-0.4, -0.2) is 20.8 Å². The van der Waals surface area contributed by atoms with Gasteiger partial charge in [0.25, 0.3) is 5.91 Å². The molecule has 32 heavy (non-hydrogen) atoms. The van der Waals surface area contributed by atoms with Crippen LogP contribution in [0, 0.1) is 27.7 Å². The summed E-state index contributed by atoms with van der Waals surface area (Å²) in [4.78, 5) is 13.1. The Kier molecular flexibility index (Phi) is 6.07. The number of carbonyl (C=O) groups is 1. The maximum absolute atomic E-state index is 13.1. The average molecular weight is 431 g/mol. The summed E-state index contributed by atoms with van der Waals surface area (Å²) in [6.07, 6.45) is 0. The standard InChI is InChI=1S/C25H26N4O3/c1-16-10-8-9-11-20(16)14-29-18(3)23(17(2)27-29)26-25(30)24-22(19(4)32-28-24)15-31-21-12-6-5-7-13-21/h5-13H,14-15H2,1-4H3,(H,26,30). The van der Waals surface area contributed by atoms with Gasteiger partial charge in [-0.05, 0) is 51.0 Å². The van der Waals surface area contributed by atoms with Crippen LogP contribution < -0.4 is 10.1 Å². The summed E-state index contributed by atoms with van der Waals surface area (Å²) in [5, 5.41) is 11.6. The molecule has 2 aromatic carbocycles. The lowest BCUT2D eigenvalue weighted by atomic mass is 10.1. The first-order chi connectivity index (χ1) is 15.4. The summed E-state index contributed by atoms with van der Waals surface area (Å²) in [7, 11) is 0. The Hall–Kier alpha value is -3.87. The first-order valence-electron chi connectivity index (χ1n) is 10.5. The van der Waals surface area contributed by atoms with Gasteiger partial charge in [0.15, 0.2) is 5.69 Å². The van der Waals surface area contributed by atoms with E-state index >= 15 is 0 Å². The SMILES string of the molecule is Cc1ccccc1Cn1nc(C)c(NC(=O)c2noc(C)c2COc2ccccc2)c1C. The number of anilines is 1. The number of benzene rings is 2. The lowest BCUT2D eigenvalue weighted by Crippen LogP contribution is -2.16. The van der Waals surface area contributed by atoms with Gasteiger partial charge in [-0.15, -0.1) is 0 Å². The van der Waals surface area contributed by atoms with E-state index in [2.05, 4.69) is 34.6 Å². The second kappa shape index (κ2) is 9.09. The predicted octanol–water partition coefficient (Wildman–Crippen LogP) is 4.98. The van der Waals surface area contributed by atoms with Gasteiger partial charge in [0.2, 0.25) is 0 Å². The lowest BCUT2D eigenvalue weighted by Gasteiger charge is -2.09. The number of ether oxygens (including phenoxy) is 1. The second-order valence-electron chi connectivity index (χ2n) is 7.75. The molecule has 0 aliphatic rings. The van der Waals surface area contributed by atoms with Gasteiger partial charge in [-0.2, -0.15) is 5.10 Å². The van der Waals surface area contributed by atoms with Gasteiger partial charge in [-0.3, -0.25) is 9.48 Å². The van der Waals surface area contributed by atoms with E-state index in [1.165, 1.54) is 11.1 Å². The zero-order chi connectivity index (χ0) is 22.7. The molecular weight excluding hydrogens is 404 g/mol. The van der Waals surface area contributed by atoms with Crippen molar-refractivity contribution in [2.75, 3.05) is 5.32 Å². The highest BCUT2D eigenvalue weighted by molar-refractivity contribution is 6.04. The van der Waals surface area contributed by atoms with Crippen molar-refractivity contribution in [3.05, 3.63) is 94.1 Å². The first kappa shape index (κ1) is 21.4. The maximum atomic E-state index is 13.1. The molecule has 0 spiro atoms. The number of amides is 1. The van der Waals surface area contributed by atoms with Crippen LogP contribution in [0.25, 0.3) is 0 Å². The average Bonchev–Trinajstić information content (AvgIpc) is 3.28. The number of aromatic nitrogens is 3. The quantitative estimate of drug-likeness (QED) is 0.447. The molecule has 1 N–H and O–H groups in total. The largest absolute Gasteiger partial charge is 0.489 e. The fourth-order valence-corrected chi connectivity index (χ4v) is 3.57.